The van der Waals surface area contributed by atoms with Crippen LogP contribution in [0.15, 0.2) is 30.5 Å². The molecule has 0 bridgehead atoms. The average molecular weight is 315 g/mol. The number of aryl methyl sites for hydroxylation is 1. The van der Waals surface area contributed by atoms with E-state index in [9.17, 15) is 9.59 Å². The second-order valence-electron chi connectivity index (χ2n) is 6.21. The molecule has 0 fully saturated rings. The Balaban J connectivity index is 2.21. The first-order chi connectivity index (χ1) is 10.7. The Morgan fingerprint density at radius 3 is 2.52 bits per heavy atom. The molecule has 6 nitrogen and oxygen atoms in total. The SMILES string of the molecule is Cc1ccccc1-n1ncc(C(=O)NCC(C)(C)C(=O)O)c1C. The first-order valence-corrected chi connectivity index (χ1v) is 7.36. The van der Waals surface area contributed by atoms with Gasteiger partial charge in [0.15, 0.2) is 0 Å². The summed E-state index contributed by atoms with van der Waals surface area (Å²) < 4.78 is 1.71. The fourth-order valence-corrected chi connectivity index (χ4v) is 2.15. The Labute approximate surface area is 135 Å². The van der Waals surface area contributed by atoms with Crippen LogP contribution in [0.25, 0.3) is 5.69 Å². The molecule has 0 radical (unpaired) electrons. The van der Waals surface area contributed by atoms with E-state index in [1.54, 1.807) is 18.5 Å². The minimum atomic E-state index is -1.02. The zero-order valence-corrected chi connectivity index (χ0v) is 13.8. The topological polar surface area (TPSA) is 84.2 Å². The van der Waals surface area contributed by atoms with Gasteiger partial charge in [0.2, 0.25) is 0 Å². The standard InChI is InChI=1S/C17H21N3O3/c1-11-7-5-6-8-14(11)20-12(2)13(9-19-20)15(21)18-10-17(3,4)16(22)23/h5-9H,10H2,1-4H3,(H,18,21)(H,22,23). The molecule has 1 amide bonds. The molecule has 1 heterocycles. The van der Waals surface area contributed by atoms with E-state index in [4.69, 9.17) is 5.11 Å². The molecule has 0 spiro atoms. The first-order valence-electron chi connectivity index (χ1n) is 7.36. The number of hydrogen-bond acceptors (Lipinski definition) is 3. The molecule has 6 heteroatoms. The van der Waals surface area contributed by atoms with Crippen molar-refractivity contribution in [2.45, 2.75) is 27.7 Å². The van der Waals surface area contributed by atoms with Gasteiger partial charge in [-0.25, -0.2) is 4.68 Å². The van der Waals surface area contributed by atoms with Crippen LogP contribution >= 0.6 is 0 Å². The van der Waals surface area contributed by atoms with Gasteiger partial charge >= 0.3 is 5.97 Å². The van der Waals surface area contributed by atoms with Crippen LogP contribution in [-0.4, -0.2) is 33.3 Å². The van der Waals surface area contributed by atoms with E-state index >= 15 is 0 Å². The van der Waals surface area contributed by atoms with Crippen molar-refractivity contribution < 1.29 is 14.7 Å². The maximum absolute atomic E-state index is 12.3. The molecule has 0 saturated carbocycles. The van der Waals surface area contributed by atoms with E-state index in [1.807, 2.05) is 38.1 Å². The maximum atomic E-state index is 12.3. The van der Waals surface area contributed by atoms with Crippen LogP contribution in [-0.2, 0) is 4.79 Å². The summed E-state index contributed by atoms with van der Waals surface area (Å²) in [6.07, 6.45) is 1.50. The summed E-state index contributed by atoms with van der Waals surface area (Å²) in [6.45, 7) is 6.98. The van der Waals surface area contributed by atoms with Crippen molar-refractivity contribution in [2.75, 3.05) is 6.54 Å². The molecule has 0 aliphatic rings. The van der Waals surface area contributed by atoms with Gasteiger partial charge in [-0.15, -0.1) is 0 Å². The third-order valence-electron chi connectivity index (χ3n) is 3.87. The number of rotatable bonds is 5. The van der Waals surface area contributed by atoms with E-state index in [-0.39, 0.29) is 12.5 Å². The van der Waals surface area contributed by atoms with Gasteiger partial charge in [-0.3, -0.25) is 9.59 Å². The number of carbonyl (C=O) groups is 2. The van der Waals surface area contributed by atoms with Crippen LogP contribution < -0.4 is 5.32 Å². The highest BCUT2D eigenvalue weighted by Gasteiger charge is 2.28. The molecule has 122 valence electrons. The van der Waals surface area contributed by atoms with Crippen molar-refractivity contribution >= 4 is 11.9 Å². The highest BCUT2D eigenvalue weighted by Crippen LogP contribution is 2.18. The lowest BCUT2D eigenvalue weighted by Gasteiger charge is -2.19. The van der Waals surface area contributed by atoms with Crippen LogP contribution in [0.4, 0.5) is 0 Å². The van der Waals surface area contributed by atoms with Gasteiger partial charge in [-0.05, 0) is 39.3 Å². The summed E-state index contributed by atoms with van der Waals surface area (Å²) in [5.74, 6) is -1.28. The number of aliphatic carboxylic acids is 1. The number of benzene rings is 1. The Hall–Kier alpha value is -2.63. The minimum Gasteiger partial charge on any atom is -0.481 e. The molecule has 1 aromatic heterocycles. The van der Waals surface area contributed by atoms with Gasteiger partial charge < -0.3 is 10.4 Å². The highest BCUT2D eigenvalue weighted by molar-refractivity contribution is 5.95. The molecular formula is C17H21N3O3. The van der Waals surface area contributed by atoms with Gasteiger partial charge in [0.1, 0.15) is 0 Å². The smallest absolute Gasteiger partial charge is 0.310 e. The highest BCUT2D eigenvalue weighted by atomic mass is 16.4. The third kappa shape index (κ3) is 3.41. The number of hydrogen-bond donors (Lipinski definition) is 2. The molecule has 1 aromatic carbocycles. The number of nitrogens with zero attached hydrogens (tertiary/aromatic N) is 2. The second kappa shape index (κ2) is 6.24. The Kier molecular flexibility index (Phi) is 4.54. The van der Waals surface area contributed by atoms with Crippen LogP contribution in [0.1, 0.15) is 35.5 Å². The number of amides is 1. The van der Waals surface area contributed by atoms with Gasteiger partial charge in [0.25, 0.3) is 5.91 Å². The van der Waals surface area contributed by atoms with Gasteiger partial charge in [-0.2, -0.15) is 5.10 Å². The normalized spacial score (nSPS) is 11.3. The average Bonchev–Trinajstić information content (AvgIpc) is 2.87. The summed E-state index contributed by atoms with van der Waals surface area (Å²) in [6, 6.07) is 7.77. The van der Waals surface area contributed by atoms with Gasteiger partial charge in [0.05, 0.1) is 28.6 Å². The molecule has 23 heavy (non-hydrogen) atoms. The summed E-state index contributed by atoms with van der Waals surface area (Å²) in [4.78, 5) is 23.4. The molecule has 2 aromatic rings. The fraction of sp³-hybridized carbons (Fsp3) is 0.353. The number of carboxylic acid groups (broad SMARTS) is 1. The van der Waals surface area contributed by atoms with Crippen LogP contribution in [0.5, 0.6) is 0 Å². The van der Waals surface area contributed by atoms with Crippen LogP contribution in [0, 0.1) is 19.3 Å². The molecule has 2 rings (SSSR count). The van der Waals surface area contributed by atoms with E-state index in [2.05, 4.69) is 10.4 Å². The van der Waals surface area contributed by atoms with Crippen molar-refractivity contribution in [3.8, 4) is 5.69 Å². The quantitative estimate of drug-likeness (QED) is 0.887. The molecule has 0 aliphatic heterocycles. The summed E-state index contributed by atoms with van der Waals surface area (Å²) in [5.41, 5.74) is 2.10. The minimum absolute atomic E-state index is 0.0517. The molecule has 0 aliphatic carbocycles. The lowest BCUT2D eigenvalue weighted by molar-refractivity contribution is -0.146. The summed E-state index contributed by atoms with van der Waals surface area (Å²) >= 11 is 0. The number of carboxylic acids is 1. The predicted molar refractivity (Wildman–Crippen MR) is 86.8 cm³/mol. The molecular weight excluding hydrogens is 294 g/mol. The van der Waals surface area contributed by atoms with E-state index in [0.29, 0.717) is 11.3 Å². The van der Waals surface area contributed by atoms with Crippen LogP contribution in [0.2, 0.25) is 0 Å². The first kappa shape index (κ1) is 16.7. The molecule has 0 unspecified atom stereocenters. The number of nitrogens with one attached hydrogen (secondary N) is 1. The Morgan fingerprint density at radius 1 is 1.26 bits per heavy atom. The van der Waals surface area contributed by atoms with Crippen molar-refractivity contribution in [1.82, 2.24) is 15.1 Å². The summed E-state index contributed by atoms with van der Waals surface area (Å²) in [7, 11) is 0. The zero-order valence-electron chi connectivity index (χ0n) is 13.8. The predicted octanol–water partition coefficient (Wildman–Crippen LogP) is 2.33. The lowest BCUT2D eigenvalue weighted by Crippen LogP contribution is -2.39. The monoisotopic (exact) mass is 315 g/mol. The maximum Gasteiger partial charge on any atom is 0.310 e. The van der Waals surface area contributed by atoms with E-state index in [1.165, 1.54) is 6.20 Å². The Morgan fingerprint density at radius 2 is 1.91 bits per heavy atom. The molecule has 2 N–H and O–H groups in total. The second-order valence-corrected chi connectivity index (χ2v) is 6.21. The molecule has 0 atom stereocenters. The van der Waals surface area contributed by atoms with Gasteiger partial charge in [-0.1, -0.05) is 18.2 Å². The number of carbonyl (C=O) groups excluding carboxylic acids is 1. The van der Waals surface area contributed by atoms with Gasteiger partial charge in [0, 0.05) is 6.54 Å². The Bertz CT molecular complexity index is 747. The number of para-hydroxylation sites is 1. The number of aromatic nitrogens is 2. The van der Waals surface area contributed by atoms with Crippen molar-refractivity contribution in [2.24, 2.45) is 5.41 Å². The van der Waals surface area contributed by atoms with E-state index < -0.39 is 11.4 Å². The third-order valence-corrected chi connectivity index (χ3v) is 3.87. The molecule has 0 saturated heterocycles. The lowest BCUT2D eigenvalue weighted by atomic mass is 9.94. The van der Waals surface area contributed by atoms with Crippen LogP contribution in [0.3, 0.4) is 0 Å². The van der Waals surface area contributed by atoms with Crippen molar-refractivity contribution in [3.05, 3.63) is 47.3 Å². The zero-order chi connectivity index (χ0) is 17.2. The largest absolute Gasteiger partial charge is 0.481 e. The van der Waals surface area contributed by atoms with Crippen molar-refractivity contribution in [3.63, 3.8) is 0 Å². The summed E-state index contributed by atoms with van der Waals surface area (Å²) in [5, 5.41) is 16.0. The van der Waals surface area contributed by atoms with E-state index in [0.717, 1.165) is 11.3 Å². The fourth-order valence-electron chi connectivity index (χ4n) is 2.15. The van der Waals surface area contributed by atoms with Crippen molar-refractivity contribution in [1.29, 1.82) is 0 Å².